The monoisotopic (exact) mass is 365 g/mol. The molecule has 0 fully saturated rings. The van der Waals surface area contributed by atoms with E-state index in [0.717, 1.165) is 0 Å². The van der Waals surface area contributed by atoms with Crippen LogP contribution in [0.1, 0.15) is 17.3 Å². The Labute approximate surface area is 135 Å². The summed E-state index contributed by atoms with van der Waals surface area (Å²) in [5.41, 5.74) is 0.650. The van der Waals surface area contributed by atoms with Gasteiger partial charge in [-0.05, 0) is 49.4 Å². The Morgan fingerprint density at radius 3 is 2.45 bits per heavy atom. The number of hydrogen-bond donors (Lipinski definition) is 1. The lowest BCUT2D eigenvalue weighted by molar-refractivity contribution is -0.118. The van der Waals surface area contributed by atoms with Gasteiger partial charge in [-0.1, -0.05) is 15.9 Å². The minimum absolute atomic E-state index is 0.0463. The van der Waals surface area contributed by atoms with E-state index in [4.69, 9.17) is 4.74 Å². The first kappa shape index (κ1) is 16.2. The summed E-state index contributed by atoms with van der Waals surface area (Å²) >= 11 is 3.14. The molecule has 114 valence electrons. The van der Waals surface area contributed by atoms with E-state index >= 15 is 0 Å². The quantitative estimate of drug-likeness (QED) is 0.819. The summed E-state index contributed by atoms with van der Waals surface area (Å²) in [6, 6.07) is 10.8. The molecular weight excluding hydrogens is 353 g/mol. The van der Waals surface area contributed by atoms with Crippen LogP contribution in [0.3, 0.4) is 0 Å². The molecule has 22 heavy (non-hydrogen) atoms. The van der Waals surface area contributed by atoms with Crippen molar-refractivity contribution < 1.29 is 18.7 Å². The molecule has 2 aromatic carbocycles. The van der Waals surface area contributed by atoms with E-state index in [-0.39, 0.29) is 18.1 Å². The van der Waals surface area contributed by atoms with Gasteiger partial charge in [-0.2, -0.15) is 0 Å². The van der Waals surface area contributed by atoms with Gasteiger partial charge < -0.3 is 10.1 Å². The number of Topliss-reactive ketones (excluding diaryl/α,β-unsaturated/α-hetero) is 1. The Hall–Kier alpha value is -2.21. The molecule has 0 unspecified atom stereocenters. The highest BCUT2D eigenvalue weighted by Gasteiger charge is 2.08. The largest absolute Gasteiger partial charge is 0.484 e. The van der Waals surface area contributed by atoms with E-state index in [2.05, 4.69) is 21.2 Å². The predicted octanol–water partition coefficient (Wildman–Crippen LogP) is 3.81. The molecule has 1 amide bonds. The lowest BCUT2D eigenvalue weighted by atomic mass is 10.1. The Morgan fingerprint density at radius 1 is 1.18 bits per heavy atom. The number of halogens is 2. The van der Waals surface area contributed by atoms with Crippen molar-refractivity contribution in [2.75, 3.05) is 11.9 Å². The first-order valence-electron chi connectivity index (χ1n) is 6.44. The number of ether oxygens (including phenoxy) is 1. The van der Waals surface area contributed by atoms with Crippen LogP contribution in [-0.4, -0.2) is 18.3 Å². The molecule has 0 aliphatic rings. The van der Waals surface area contributed by atoms with Crippen LogP contribution >= 0.6 is 15.9 Å². The van der Waals surface area contributed by atoms with Gasteiger partial charge in [-0.25, -0.2) is 4.39 Å². The van der Waals surface area contributed by atoms with Gasteiger partial charge in [0, 0.05) is 10.0 Å². The van der Waals surface area contributed by atoms with Crippen molar-refractivity contribution in [2.45, 2.75) is 6.92 Å². The number of rotatable bonds is 5. The molecule has 0 saturated carbocycles. The molecule has 0 spiro atoms. The molecule has 0 saturated heterocycles. The Kier molecular flexibility index (Phi) is 5.27. The SMILES string of the molecule is CC(=O)c1ccc(OCC(=O)Nc2ccc(Br)cc2F)cc1. The summed E-state index contributed by atoms with van der Waals surface area (Å²) in [6.45, 7) is 1.21. The van der Waals surface area contributed by atoms with Gasteiger partial charge in [0.05, 0.1) is 5.69 Å². The summed E-state index contributed by atoms with van der Waals surface area (Å²) in [7, 11) is 0. The summed E-state index contributed by atoms with van der Waals surface area (Å²) in [5, 5.41) is 2.42. The van der Waals surface area contributed by atoms with Crippen molar-refractivity contribution in [1.29, 1.82) is 0 Å². The van der Waals surface area contributed by atoms with Gasteiger partial charge in [0.25, 0.3) is 5.91 Å². The highest BCUT2D eigenvalue weighted by Crippen LogP contribution is 2.19. The summed E-state index contributed by atoms with van der Waals surface area (Å²) in [4.78, 5) is 22.9. The van der Waals surface area contributed by atoms with E-state index in [0.29, 0.717) is 15.8 Å². The molecular formula is C16H13BrFNO3. The van der Waals surface area contributed by atoms with Crippen LogP contribution in [0.25, 0.3) is 0 Å². The number of amides is 1. The third-order valence-electron chi connectivity index (χ3n) is 2.84. The number of hydrogen-bond acceptors (Lipinski definition) is 3. The van der Waals surface area contributed by atoms with Gasteiger partial charge in [-0.3, -0.25) is 9.59 Å². The minimum Gasteiger partial charge on any atom is -0.484 e. The van der Waals surface area contributed by atoms with Crippen LogP contribution in [0.4, 0.5) is 10.1 Å². The van der Waals surface area contributed by atoms with Crippen LogP contribution in [0.5, 0.6) is 5.75 Å². The van der Waals surface area contributed by atoms with Gasteiger partial charge in [-0.15, -0.1) is 0 Å². The van der Waals surface area contributed by atoms with Crippen molar-refractivity contribution in [3.05, 3.63) is 58.3 Å². The van der Waals surface area contributed by atoms with E-state index < -0.39 is 11.7 Å². The number of carbonyl (C=O) groups excluding carboxylic acids is 2. The van der Waals surface area contributed by atoms with Crippen LogP contribution < -0.4 is 10.1 Å². The maximum Gasteiger partial charge on any atom is 0.262 e. The summed E-state index contributed by atoms with van der Waals surface area (Å²) in [5.74, 6) is -0.600. The average Bonchev–Trinajstić information content (AvgIpc) is 2.48. The highest BCUT2D eigenvalue weighted by molar-refractivity contribution is 9.10. The van der Waals surface area contributed by atoms with Gasteiger partial charge in [0.2, 0.25) is 0 Å². The molecule has 0 heterocycles. The number of anilines is 1. The van der Waals surface area contributed by atoms with Gasteiger partial charge in [0.1, 0.15) is 11.6 Å². The normalized spacial score (nSPS) is 10.1. The Balaban J connectivity index is 1.91. The predicted molar refractivity (Wildman–Crippen MR) is 84.7 cm³/mol. The third-order valence-corrected chi connectivity index (χ3v) is 3.33. The molecule has 0 bridgehead atoms. The smallest absolute Gasteiger partial charge is 0.262 e. The van der Waals surface area contributed by atoms with Crippen LogP contribution in [0.2, 0.25) is 0 Å². The van der Waals surface area contributed by atoms with Gasteiger partial charge >= 0.3 is 0 Å². The third kappa shape index (κ3) is 4.39. The summed E-state index contributed by atoms with van der Waals surface area (Å²) in [6.07, 6.45) is 0. The Morgan fingerprint density at radius 2 is 1.86 bits per heavy atom. The van der Waals surface area contributed by atoms with Crippen LogP contribution in [-0.2, 0) is 4.79 Å². The second kappa shape index (κ2) is 7.17. The molecule has 0 aliphatic heterocycles. The fraction of sp³-hybridized carbons (Fsp3) is 0.125. The lowest BCUT2D eigenvalue weighted by Gasteiger charge is -2.08. The number of nitrogens with one attached hydrogen (secondary N) is 1. The maximum atomic E-state index is 13.6. The average molecular weight is 366 g/mol. The van der Waals surface area contributed by atoms with Crippen molar-refractivity contribution in [2.24, 2.45) is 0 Å². The number of ketones is 1. The van der Waals surface area contributed by atoms with E-state index in [1.165, 1.54) is 19.1 Å². The molecule has 2 aromatic rings. The lowest BCUT2D eigenvalue weighted by Crippen LogP contribution is -2.20. The zero-order chi connectivity index (χ0) is 16.1. The molecule has 1 N–H and O–H groups in total. The molecule has 0 radical (unpaired) electrons. The fourth-order valence-corrected chi connectivity index (χ4v) is 2.05. The Bertz CT molecular complexity index is 701. The first-order chi connectivity index (χ1) is 10.5. The number of benzene rings is 2. The topological polar surface area (TPSA) is 55.4 Å². The zero-order valence-corrected chi connectivity index (χ0v) is 13.3. The second-order valence-electron chi connectivity index (χ2n) is 4.54. The highest BCUT2D eigenvalue weighted by atomic mass is 79.9. The van der Waals surface area contributed by atoms with Crippen molar-refractivity contribution >= 4 is 33.3 Å². The van der Waals surface area contributed by atoms with Gasteiger partial charge in [0.15, 0.2) is 12.4 Å². The van der Waals surface area contributed by atoms with E-state index in [1.54, 1.807) is 30.3 Å². The molecule has 0 aliphatic carbocycles. The van der Waals surface area contributed by atoms with E-state index in [9.17, 15) is 14.0 Å². The first-order valence-corrected chi connectivity index (χ1v) is 7.23. The zero-order valence-electron chi connectivity index (χ0n) is 11.7. The van der Waals surface area contributed by atoms with Crippen LogP contribution in [0, 0.1) is 5.82 Å². The van der Waals surface area contributed by atoms with Crippen molar-refractivity contribution in [1.82, 2.24) is 0 Å². The standard InChI is InChI=1S/C16H13BrFNO3/c1-10(20)11-2-5-13(6-3-11)22-9-16(21)19-15-7-4-12(17)8-14(15)18/h2-8H,9H2,1H3,(H,19,21). The van der Waals surface area contributed by atoms with Crippen molar-refractivity contribution in [3.8, 4) is 5.75 Å². The van der Waals surface area contributed by atoms with Crippen LogP contribution in [0.15, 0.2) is 46.9 Å². The minimum atomic E-state index is -0.534. The van der Waals surface area contributed by atoms with Crippen molar-refractivity contribution in [3.63, 3.8) is 0 Å². The second-order valence-corrected chi connectivity index (χ2v) is 5.46. The molecule has 6 heteroatoms. The fourth-order valence-electron chi connectivity index (χ4n) is 1.71. The molecule has 4 nitrogen and oxygen atoms in total. The molecule has 2 rings (SSSR count). The molecule has 0 atom stereocenters. The molecule has 0 aromatic heterocycles. The number of carbonyl (C=O) groups is 2. The summed E-state index contributed by atoms with van der Waals surface area (Å²) < 4.78 is 19.4. The maximum absolute atomic E-state index is 13.6. The van der Waals surface area contributed by atoms with E-state index in [1.807, 2.05) is 0 Å².